The molecule has 2 rings (SSSR count). The molecule has 8 heteroatoms. The van der Waals surface area contributed by atoms with Gasteiger partial charge in [0.15, 0.2) is 11.6 Å². The van der Waals surface area contributed by atoms with Crippen molar-refractivity contribution >= 4 is 17.7 Å². The zero-order valence-corrected chi connectivity index (χ0v) is 13.6. The number of benzene rings is 1. The Bertz CT molecular complexity index is 698. The number of carbonyl (C=O) groups excluding carboxylic acids is 1. The van der Waals surface area contributed by atoms with Crippen LogP contribution in [0.1, 0.15) is 22.5 Å². The number of aromatic nitrogens is 2. The van der Waals surface area contributed by atoms with Gasteiger partial charge in [-0.1, -0.05) is 12.1 Å². The Morgan fingerprint density at radius 1 is 1.12 bits per heavy atom. The van der Waals surface area contributed by atoms with Crippen LogP contribution in [0.2, 0.25) is 0 Å². The second-order valence-electron chi connectivity index (χ2n) is 4.92. The minimum absolute atomic E-state index is 0.111. The number of methoxy groups -OCH3 is 1. The Kier molecular flexibility index (Phi) is 5.78. The summed E-state index contributed by atoms with van der Waals surface area (Å²) in [4.78, 5) is 19.5. The highest BCUT2D eigenvalue weighted by Gasteiger charge is 2.12. The number of hydrogen-bond donors (Lipinski definition) is 2. The van der Waals surface area contributed by atoms with Gasteiger partial charge in [-0.25, -0.2) is 9.78 Å². The molecule has 24 heavy (non-hydrogen) atoms. The Balaban J connectivity index is 1.85. The molecule has 2 aromatic rings. The van der Waals surface area contributed by atoms with E-state index < -0.39 is 5.97 Å². The summed E-state index contributed by atoms with van der Waals surface area (Å²) < 4.78 is 15.9. The maximum absolute atomic E-state index is 11.6. The molecule has 0 unspecified atom stereocenters. The third-order valence-corrected chi connectivity index (χ3v) is 3.16. The van der Waals surface area contributed by atoms with E-state index in [1.54, 1.807) is 31.2 Å². The SMILES string of the molecule is COC(=O)c1ccccc1OCCCOc1c(C)nc(N)nc1N. The molecular formula is C16H20N4O4. The fraction of sp³-hybridized carbons (Fsp3) is 0.312. The number of para-hydroxylation sites is 1. The molecule has 4 N–H and O–H groups in total. The molecule has 0 aliphatic rings. The molecule has 0 aliphatic heterocycles. The van der Waals surface area contributed by atoms with E-state index in [2.05, 4.69) is 9.97 Å². The summed E-state index contributed by atoms with van der Waals surface area (Å²) in [5, 5.41) is 0. The molecule has 128 valence electrons. The highest BCUT2D eigenvalue weighted by Crippen LogP contribution is 2.23. The molecule has 1 aromatic carbocycles. The Hall–Kier alpha value is -3.03. The predicted octanol–water partition coefficient (Wildman–Crippen LogP) is 1.58. The van der Waals surface area contributed by atoms with E-state index in [1.165, 1.54) is 7.11 Å². The molecule has 8 nitrogen and oxygen atoms in total. The molecule has 1 aromatic heterocycles. The van der Waals surface area contributed by atoms with Gasteiger partial charge in [0.1, 0.15) is 11.3 Å². The lowest BCUT2D eigenvalue weighted by molar-refractivity contribution is 0.0596. The molecule has 0 radical (unpaired) electrons. The largest absolute Gasteiger partial charge is 0.493 e. The van der Waals surface area contributed by atoms with Crippen LogP contribution in [0, 0.1) is 6.92 Å². The van der Waals surface area contributed by atoms with Gasteiger partial charge in [0.25, 0.3) is 0 Å². The van der Waals surface area contributed by atoms with E-state index in [1.807, 2.05) is 0 Å². The molecule has 0 bridgehead atoms. The highest BCUT2D eigenvalue weighted by atomic mass is 16.5. The summed E-state index contributed by atoms with van der Waals surface area (Å²) in [7, 11) is 1.33. The van der Waals surface area contributed by atoms with Gasteiger partial charge in [0, 0.05) is 6.42 Å². The van der Waals surface area contributed by atoms with E-state index >= 15 is 0 Å². The van der Waals surface area contributed by atoms with Crippen molar-refractivity contribution in [1.29, 1.82) is 0 Å². The van der Waals surface area contributed by atoms with Crippen molar-refractivity contribution in [3.05, 3.63) is 35.5 Å². The third-order valence-electron chi connectivity index (χ3n) is 3.16. The highest BCUT2D eigenvalue weighted by molar-refractivity contribution is 5.92. The summed E-state index contributed by atoms with van der Waals surface area (Å²) in [5.74, 6) is 0.761. The molecule has 0 amide bonds. The van der Waals surface area contributed by atoms with Gasteiger partial charge in [0.05, 0.1) is 26.0 Å². The standard InChI is InChI=1S/C16H20N4O4/c1-10-13(14(17)20-16(18)19-10)24-9-5-8-23-12-7-4-3-6-11(12)15(21)22-2/h3-4,6-7H,5,8-9H2,1-2H3,(H4,17,18,19,20). The van der Waals surface area contributed by atoms with Crippen LogP contribution in [0.4, 0.5) is 11.8 Å². The number of carbonyl (C=O) groups is 1. The number of hydrogen-bond acceptors (Lipinski definition) is 8. The van der Waals surface area contributed by atoms with Crippen molar-refractivity contribution in [3.8, 4) is 11.5 Å². The lowest BCUT2D eigenvalue weighted by Gasteiger charge is -2.12. The average Bonchev–Trinajstić information content (AvgIpc) is 2.56. The average molecular weight is 332 g/mol. The second kappa shape index (κ2) is 8.00. The lowest BCUT2D eigenvalue weighted by atomic mass is 10.2. The van der Waals surface area contributed by atoms with Crippen LogP contribution in [-0.4, -0.2) is 36.3 Å². The van der Waals surface area contributed by atoms with Crippen molar-refractivity contribution in [2.24, 2.45) is 0 Å². The first-order valence-corrected chi connectivity index (χ1v) is 7.35. The van der Waals surface area contributed by atoms with Crippen LogP contribution in [0.3, 0.4) is 0 Å². The summed E-state index contributed by atoms with van der Waals surface area (Å²) in [6, 6.07) is 6.89. The van der Waals surface area contributed by atoms with Crippen LogP contribution in [0.5, 0.6) is 11.5 Å². The quantitative estimate of drug-likeness (QED) is 0.579. The number of nitrogens with zero attached hydrogens (tertiary/aromatic N) is 2. The lowest BCUT2D eigenvalue weighted by Crippen LogP contribution is -2.11. The summed E-state index contributed by atoms with van der Waals surface area (Å²) in [5.41, 5.74) is 12.2. The first-order chi connectivity index (χ1) is 11.5. The van der Waals surface area contributed by atoms with Crippen LogP contribution in [0.15, 0.2) is 24.3 Å². The molecule has 0 spiro atoms. The number of nitrogens with two attached hydrogens (primary N) is 2. The molecule has 1 heterocycles. The van der Waals surface area contributed by atoms with Crippen molar-refractivity contribution in [2.45, 2.75) is 13.3 Å². The first-order valence-electron chi connectivity index (χ1n) is 7.35. The van der Waals surface area contributed by atoms with Gasteiger partial charge in [-0.3, -0.25) is 0 Å². The minimum Gasteiger partial charge on any atom is -0.493 e. The van der Waals surface area contributed by atoms with E-state index in [9.17, 15) is 4.79 Å². The Morgan fingerprint density at radius 2 is 1.83 bits per heavy atom. The maximum Gasteiger partial charge on any atom is 0.341 e. The minimum atomic E-state index is -0.440. The number of rotatable bonds is 7. The van der Waals surface area contributed by atoms with Gasteiger partial charge in [-0.2, -0.15) is 4.98 Å². The zero-order valence-electron chi connectivity index (χ0n) is 13.6. The molecule has 0 atom stereocenters. The summed E-state index contributed by atoms with van der Waals surface area (Å²) in [6.07, 6.45) is 0.582. The fourth-order valence-electron chi connectivity index (χ4n) is 2.07. The van der Waals surface area contributed by atoms with E-state index in [-0.39, 0.29) is 11.8 Å². The number of ether oxygens (including phenoxy) is 3. The predicted molar refractivity (Wildman–Crippen MR) is 89.0 cm³/mol. The molecule has 0 saturated carbocycles. The smallest absolute Gasteiger partial charge is 0.341 e. The second-order valence-corrected chi connectivity index (χ2v) is 4.92. The van der Waals surface area contributed by atoms with Gasteiger partial charge < -0.3 is 25.7 Å². The van der Waals surface area contributed by atoms with Crippen LogP contribution in [-0.2, 0) is 4.74 Å². The molecule has 0 saturated heterocycles. The van der Waals surface area contributed by atoms with Crippen molar-refractivity contribution in [2.75, 3.05) is 31.8 Å². The van der Waals surface area contributed by atoms with E-state index in [0.29, 0.717) is 42.4 Å². The Morgan fingerprint density at radius 3 is 2.54 bits per heavy atom. The number of nitrogen functional groups attached to an aromatic ring is 2. The third kappa shape index (κ3) is 4.25. The van der Waals surface area contributed by atoms with Gasteiger partial charge in [-0.05, 0) is 19.1 Å². The normalized spacial score (nSPS) is 10.2. The van der Waals surface area contributed by atoms with Gasteiger partial charge in [0.2, 0.25) is 5.95 Å². The van der Waals surface area contributed by atoms with Crippen molar-refractivity contribution in [1.82, 2.24) is 9.97 Å². The molecule has 0 fully saturated rings. The number of aryl methyl sites for hydroxylation is 1. The topological polar surface area (TPSA) is 123 Å². The molecular weight excluding hydrogens is 312 g/mol. The van der Waals surface area contributed by atoms with Crippen LogP contribution in [0.25, 0.3) is 0 Å². The zero-order chi connectivity index (χ0) is 17.5. The van der Waals surface area contributed by atoms with Gasteiger partial charge in [-0.15, -0.1) is 0 Å². The monoisotopic (exact) mass is 332 g/mol. The Labute approximate surface area is 139 Å². The summed E-state index contributed by atoms with van der Waals surface area (Å²) >= 11 is 0. The van der Waals surface area contributed by atoms with Crippen molar-refractivity contribution < 1.29 is 19.0 Å². The molecule has 0 aliphatic carbocycles. The number of esters is 1. The van der Waals surface area contributed by atoms with Gasteiger partial charge >= 0.3 is 5.97 Å². The van der Waals surface area contributed by atoms with Crippen molar-refractivity contribution in [3.63, 3.8) is 0 Å². The van der Waals surface area contributed by atoms with Crippen LogP contribution >= 0.6 is 0 Å². The van der Waals surface area contributed by atoms with E-state index in [0.717, 1.165) is 0 Å². The van der Waals surface area contributed by atoms with E-state index in [4.69, 9.17) is 25.7 Å². The fourth-order valence-corrected chi connectivity index (χ4v) is 2.07. The summed E-state index contributed by atoms with van der Waals surface area (Å²) in [6.45, 7) is 2.47. The number of anilines is 2. The maximum atomic E-state index is 11.6. The first kappa shape index (κ1) is 17.3. The van der Waals surface area contributed by atoms with Crippen LogP contribution < -0.4 is 20.9 Å².